The number of alkyl halides is 6. The highest BCUT2D eigenvalue weighted by atomic mass is 19.4. The van der Waals surface area contributed by atoms with Gasteiger partial charge in [0.1, 0.15) is 5.75 Å². The minimum atomic E-state index is -5.89. The van der Waals surface area contributed by atoms with Crippen LogP contribution in [0.5, 0.6) is 5.75 Å². The first kappa shape index (κ1) is 12.7. The molecule has 0 atom stereocenters. The molecule has 0 saturated heterocycles. The maximum Gasteiger partial charge on any atom is 0.445 e. The molecule has 2 rings (SSSR count). The summed E-state index contributed by atoms with van der Waals surface area (Å²) in [5.74, 6) is -2.87. The van der Waals surface area contributed by atoms with Gasteiger partial charge in [-0.3, -0.25) is 4.79 Å². The Morgan fingerprint density at radius 3 is 1.89 bits per heavy atom. The van der Waals surface area contributed by atoms with Crippen LogP contribution >= 0.6 is 0 Å². The Morgan fingerprint density at radius 2 is 1.44 bits per heavy atom. The first-order valence-electron chi connectivity index (χ1n) is 4.57. The summed E-state index contributed by atoms with van der Waals surface area (Å²) in [5.41, 5.74) is -5.53. The third-order valence-electron chi connectivity index (χ3n) is 2.51. The molecule has 0 amide bonds. The molecule has 2 nitrogen and oxygen atoms in total. The Kier molecular flexibility index (Phi) is 2.40. The molecule has 98 valence electrons. The molecule has 1 heterocycles. The molecule has 1 aromatic rings. The molecule has 1 aliphatic heterocycles. The zero-order valence-electron chi connectivity index (χ0n) is 8.39. The van der Waals surface area contributed by atoms with E-state index in [1.54, 1.807) is 0 Å². The van der Waals surface area contributed by atoms with Crippen molar-refractivity contribution in [2.24, 2.45) is 0 Å². The molecule has 0 radical (unpaired) electrons. The van der Waals surface area contributed by atoms with E-state index in [9.17, 15) is 31.1 Å². The molecule has 18 heavy (non-hydrogen) atoms. The van der Waals surface area contributed by atoms with Crippen molar-refractivity contribution in [3.05, 3.63) is 29.8 Å². The summed E-state index contributed by atoms with van der Waals surface area (Å²) in [5, 5.41) is 0. The summed E-state index contributed by atoms with van der Waals surface area (Å²) in [6.45, 7) is 0. The summed E-state index contributed by atoms with van der Waals surface area (Å²) in [4.78, 5) is 11.4. The molecule has 1 aromatic carbocycles. The van der Waals surface area contributed by atoms with Crippen molar-refractivity contribution in [2.75, 3.05) is 0 Å². The molecule has 0 N–H and O–H groups in total. The van der Waals surface area contributed by atoms with Crippen LogP contribution in [0, 0.1) is 0 Å². The molecule has 0 aromatic heterocycles. The SMILES string of the molecule is O=C1c2ccccc2OC1(C(F)(F)F)C(F)(F)F. The molecular formula is C10H4F6O2. The molecule has 0 fully saturated rings. The lowest BCUT2D eigenvalue weighted by Crippen LogP contribution is -2.63. The standard InChI is InChI=1S/C10H4F6O2/c11-9(12,13)8(10(14,15)16)7(17)5-3-1-2-4-6(5)18-8/h1-4H. The topological polar surface area (TPSA) is 26.3 Å². The highest BCUT2D eigenvalue weighted by molar-refractivity contribution is 6.08. The number of carbonyl (C=O) groups excluding carboxylic acids is 1. The van der Waals surface area contributed by atoms with Crippen LogP contribution in [0.2, 0.25) is 0 Å². The van der Waals surface area contributed by atoms with Crippen molar-refractivity contribution in [3.8, 4) is 5.75 Å². The normalized spacial score (nSPS) is 18.4. The van der Waals surface area contributed by atoms with Crippen molar-refractivity contribution in [1.82, 2.24) is 0 Å². The van der Waals surface area contributed by atoms with E-state index in [1.165, 1.54) is 6.07 Å². The maximum atomic E-state index is 12.7. The molecule has 0 unspecified atom stereocenters. The fourth-order valence-electron chi connectivity index (χ4n) is 1.68. The monoisotopic (exact) mass is 270 g/mol. The second-order valence-electron chi connectivity index (χ2n) is 3.60. The van der Waals surface area contributed by atoms with Gasteiger partial charge in [-0.25, -0.2) is 0 Å². The van der Waals surface area contributed by atoms with Crippen LogP contribution in [0.15, 0.2) is 24.3 Å². The number of ketones is 1. The van der Waals surface area contributed by atoms with E-state index < -0.39 is 35.0 Å². The molecular weight excluding hydrogens is 266 g/mol. The Hall–Kier alpha value is -1.73. The second kappa shape index (κ2) is 3.39. The van der Waals surface area contributed by atoms with Crippen molar-refractivity contribution < 1.29 is 35.9 Å². The van der Waals surface area contributed by atoms with E-state index in [2.05, 4.69) is 4.74 Å². The zero-order valence-corrected chi connectivity index (χ0v) is 8.39. The number of halogens is 6. The number of hydrogen-bond donors (Lipinski definition) is 0. The van der Waals surface area contributed by atoms with Gasteiger partial charge in [-0.15, -0.1) is 0 Å². The third kappa shape index (κ3) is 1.41. The molecule has 8 heteroatoms. The van der Waals surface area contributed by atoms with E-state index >= 15 is 0 Å². The second-order valence-corrected chi connectivity index (χ2v) is 3.60. The van der Waals surface area contributed by atoms with Gasteiger partial charge in [0.25, 0.3) is 0 Å². The van der Waals surface area contributed by atoms with Gasteiger partial charge in [0.05, 0.1) is 5.56 Å². The van der Waals surface area contributed by atoms with E-state index in [1.807, 2.05) is 0 Å². The number of carbonyl (C=O) groups is 1. The van der Waals surface area contributed by atoms with Gasteiger partial charge in [-0.1, -0.05) is 12.1 Å². The van der Waals surface area contributed by atoms with Crippen molar-refractivity contribution in [3.63, 3.8) is 0 Å². The van der Waals surface area contributed by atoms with Gasteiger partial charge in [-0.2, -0.15) is 26.3 Å². The third-order valence-corrected chi connectivity index (χ3v) is 2.51. The molecule has 0 saturated carbocycles. The summed E-state index contributed by atoms with van der Waals surface area (Å²) < 4.78 is 79.9. The first-order chi connectivity index (χ1) is 8.11. The lowest BCUT2D eigenvalue weighted by molar-refractivity contribution is -0.329. The fraction of sp³-hybridized carbons (Fsp3) is 0.300. The predicted octanol–water partition coefficient (Wildman–Crippen LogP) is 3.13. The summed E-state index contributed by atoms with van der Waals surface area (Å²) in [6, 6.07) is 4.07. The lowest BCUT2D eigenvalue weighted by atomic mass is 9.94. The van der Waals surface area contributed by atoms with Crippen molar-refractivity contribution >= 4 is 5.78 Å². The number of ether oxygens (including phenoxy) is 1. The van der Waals surface area contributed by atoms with Gasteiger partial charge < -0.3 is 4.74 Å². The zero-order chi connectivity index (χ0) is 13.8. The fourth-order valence-corrected chi connectivity index (χ4v) is 1.68. The minimum Gasteiger partial charge on any atom is -0.461 e. The quantitative estimate of drug-likeness (QED) is 0.677. The number of rotatable bonds is 0. The van der Waals surface area contributed by atoms with Crippen LogP contribution in [0.4, 0.5) is 26.3 Å². The first-order valence-corrected chi connectivity index (χ1v) is 4.57. The van der Waals surface area contributed by atoms with Gasteiger partial charge in [0.2, 0.25) is 5.78 Å². The highest BCUT2D eigenvalue weighted by Crippen LogP contribution is 2.52. The van der Waals surface area contributed by atoms with Crippen LogP contribution in [0.3, 0.4) is 0 Å². The Labute approximate surface area is 96.2 Å². The van der Waals surface area contributed by atoms with Crippen molar-refractivity contribution in [1.29, 1.82) is 0 Å². The van der Waals surface area contributed by atoms with Crippen LogP contribution in [-0.2, 0) is 0 Å². The van der Waals surface area contributed by atoms with Crippen LogP contribution in [0.25, 0.3) is 0 Å². The molecule has 0 bridgehead atoms. The highest BCUT2D eigenvalue weighted by Gasteiger charge is 2.80. The summed E-state index contributed by atoms with van der Waals surface area (Å²) in [7, 11) is 0. The predicted molar refractivity (Wildman–Crippen MR) is 46.2 cm³/mol. The number of hydrogen-bond acceptors (Lipinski definition) is 2. The van der Waals surface area contributed by atoms with Gasteiger partial charge in [-0.05, 0) is 12.1 Å². The number of Topliss-reactive ketones (excluding diaryl/α,β-unsaturated/α-hetero) is 1. The van der Waals surface area contributed by atoms with E-state index in [-0.39, 0.29) is 0 Å². The largest absolute Gasteiger partial charge is 0.461 e. The average Bonchev–Trinajstić information content (AvgIpc) is 2.52. The molecule has 1 aliphatic rings. The maximum absolute atomic E-state index is 12.7. The molecule has 0 aliphatic carbocycles. The average molecular weight is 270 g/mol. The minimum absolute atomic E-state index is 0.725. The van der Waals surface area contributed by atoms with Gasteiger partial charge in [0.15, 0.2) is 0 Å². The lowest BCUT2D eigenvalue weighted by Gasteiger charge is -2.30. The molecule has 0 spiro atoms. The van der Waals surface area contributed by atoms with Crippen LogP contribution in [-0.4, -0.2) is 23.7 Å². The number of benzene rings is 1. The summed E-state index contributed by atoms with van der Waals surface area (Å²) in [6.07, 6.45) is -11.8. The number of para-hydroxylation sites is 1. The van der Waals surface area contributed by atoms with E-state index in [4.69, 9.17) is 0 Å². The van der Waals surface area contributed by atoms with Gasteiger partial charge in [0, 0.05) is 0 Å². The van der Waals surface area contributed by atoms with E-state index in [0.717, 1.165) is 18.2 Å². The summed E-state index contributed by atoms with van der Waals surface area (Å²) >= 11 is 0. The van der Waals surface area contributed by atoms with E-state index in [0.29, 0.717) is 0 Å². The van der Waals surface area contributed by atoms with Gasteiger partial charge >= 0.3 is 18.0 Å². The Morgan fingerprint density at radius 1 is 0.944 bits per heavy atom. The number of fused-ring (bicyclic) bond motifs is 1. The van der Waals surface area contributed by atoms with Crippen LogP contribution in [0.1, 0.15) is 10.4 Å². The smallest absolute Gasteiger partial charge is 0.445 e. The Balaban J connectivity index is 2.66. The Bertz CT molecular complexity index is 488. The van der Waals surface area contributed by atoms with Crippen molar-refractivity contribution in [2.45, 2.75) is 18.0 Å². The van der Waals surface area contributed by atoms with Crippen LogP contribution < -0.4 is 4.74 Å².